The van der Waals surface area contributed by atoms with E-state index in [0.29, 0.717) is 12.8 Å². The summed E-state index contributed by atoms with van der Waals surface area (Å²) in [5.41, 5.74) is 0. The minimum Gasteiger partial charge on any atom is -0.505 e. The number of rotatable bonds is 3. The van der Waals surface area contributed by atoms with E-state index in [4.69, 9.17) is 23.2 Å². The predicted molar refractivity (Wildman–Crippen MR) is 77.1 cm³/mol. The Kier molecular flexibility index (Phi) is 4.67. The maximum Gasteiger partial charge on any atom is 0.324 e. The molecule has 1 aliphatic rings. The molecule has 0 saturated carbocycles. The summed E-state index contributed by atoms with van der Waals surface area (Å²) in [6.45, 7) is 0.158. The largest absolute Gasteiger partial charge is 0.505 e. The summed E-state index contributed by atoms with van der Waals surface area (Å²) in [6.07, 6.45) is 0.884. The fourth-order valence-corrected chi connectivity index (χ4v) is 4.66. The van der Waals surface area contributed by atoms with E-state index in [1.807, 2.05) is 0 Å². The Morgan fingerprint density at radius 3 is 2.71 bits per heavy atom. The Morgan fingerprint density at radius 1 is 1.43 bits per heavy atom. The van der Waals surface area contributed by atoms with Gasteiger partial charge in [0, 0.05) is 11.6 Å². The fourth-order valence-electron chi connectivity index (χ4n) is 2.26. The molecule has 1 aliphatic heterocycles. The van der Waals surface area contributed by atoms with Gasteiger partial charge in [-0.15, -0.1) is 0 Å². The SMILES string of the molecule is COC(=O)[C@@H]1CCCN1S(=O)(=O)c1cc(Cl)cc(Cl)c1O. The van der Waals surface area contributed by atoms with Gasteiger partial charge < -0.3 is 9.84 Å². The van der Waals surface area contributed by atoms with Crippen LogP contribution in [0, 0.1) is 0 Å². The van der Waals surface area contributed by atoms with Gasteiger partial charge in [-0.2, -0.15) is 4.31 Å². The van der Waals surface area contributed by atoms with Gasteiger partial charge in [0.15, 0.2) is 5.75 Å². The number of esters is 1. The third-order valence-corrected chi connectivity index (χ3v) is 5.68. The third-order valence-electron chi connectivity index (χ3n) is 3.26. The van der Waals surface area contributed by atoms with Crippen LogP contribution in [0.3, 0.4) is 0 Å². The molecule has 1 N–H and O–H groups in total. The molecule has 116 valence electrons. The second kappa shape index (κ2) is 6.00. The van der Waals surface area contributed by atoms with Crippen LogP contribution < -0.4 is 0 Å². The number of ether oxygens (including phenoxy) is 1. The van der Waals surface area contributed by atoms with Gasteiger partial charge in [0.1, 0.15) is 10.9 Å². The van der Waals surface area contributed by atoms with Crippen LogP contribution in [-0.2, 0) is 19.6 Å². The predicted octanol–water partition coefficient (Wildman–Crippen LogP) is 2.03. The summed E-state index contributed by atoms with van der Waals surface area (Å²) >= 11 is 11.5. The highest BCUT2D eigenvalue weighted by Crippen LogP contribution is 2.37. The number of phenols is 1. The van der Waals surface area contributed by atoms with Crippen LogP contribution in [0.15, 0.2) is 17.0 Å². The van der Waals surface area contributed by atoms with E-state index in [2.05, 4.69) is 4.74 Å². The van der Waals surface area contributed by atoms with Crippen molar-refractivity contribution in [1.29, 1.82) is 0 Å². The smallest absolute Gasteiger partial charge is 0.324 e. The number of halogens is 2. The molecule has 1 aromatic carbocycles. The minimum absolute atomic E-state index is 0.0742. The van der Waals surface area contributed by atoms with Gasteiger partial charge in [-0.3, -0.25) is 4.79 Å². The normalized spacial score (nSPS) is 19.7. The molecule has 0 bridgehead atoms. The van der Waals surface area contributed by atoms with Gasteiger partial charge in [0.05, 0.1) is 12.1 Å². The second-order valence-corrected chi connectivity index (χ2v) is 7.23. The molecule has 6 nitrogen and oxygen atoms in total. The van der Waals surface area contributed by atoms with Gasteiger partial charge in [0.25, 0.3) is 0 Å². The van der Waals surface area contributed by atoms with Crippen molar-refractivity contribution >= 4 is 39.2 Å². The lowest BCUT2D eigenvalue weighted by molar-refractivity contribution is -0.144. The Labute approximate surface area is 132 Å². The first kappa shape index (κ1) is 16.4. The lowest BCUT2D eigenvalue weighted by Gasteiger charge is -2.22. The number of methoxy groups -OCH3 is 1. The summed E-state index contributed by atoms with van der Waals surface area (Å²) in [6, 6.07) is 1.43. The number of nitrogens with zero attached hydrogens (tertiary/aromatic N) is 1. The van der Waals surface area contributed by atoms with Gasteiger partial charge in [-0.05, 0) is 25.0 Å². The van der Waals surface area contributed by atoms with Crippen LogP contribution in [-0.4, -0.2) is 43.5 Å². The van der Waals surface area contributed by atoms with Crippen LogP contribution in [0.25, 0.3) is 0 Å². The molecule has 21 heavy (non-hydrogen) atoms. The van der Waals surface area contributed by atoms with Crippen molar-refractivity contribution < 1.29 is 23.1 Å². The van der Waals surface area contributed by atoms with Gasteiger partial charge in [-0.1, -0.05) is 23.2 Å². The molecule has 0 aromatic heterocycles. The van der Waals surface area contributed by atoms with E-state index in [9.17, 15) is 18.3 Å². The maximum atomic E-state index is 12.6. The first-order valence-electron chi connectivity index (χ1n) is 6.06. The zero-order valence-corrected chi connectivity index (χ0v) is 13.4. The Morgan fingerprint density at radius 2 is 2.10 bits per heavy atom. The molecule has 1 atom stereocenters. The molecule has 0 unspecified atom stereocenters. The number of benzene rings is 1. The topological polar surface area (TPSA) is 83.9 Å². The third kappa shape index (κ3) is 2.96. The number of phenolic OH excluding ortho intramolecular Hbond substituents is 1. The van der Waals surface area contributed by atoms with Crippen molar-refractivity contribution in [2.75, 3.05) is 13.7 Å². The number of hydrogen-bond donors (Lipinski definition) is 1. The lowest BCUT2D eigenvalue weighted by Crippen LogP contribution is -2.41. The van der Waals surface area contributed by atoms with E-state index in [-0.39, 0.29) is 16.6 Å². The number of hydrogen-bond acceptors (Lipinski definition) is 5. The van der Waals surface area contributed by atoms with E-state index in [0.717, 1.165) is 10.4 Å². The molecule has 0 amide bonds. The van der Waals surface area contributed by atoms with Crippen LogP contribution >= 0.6 is 23.2 Å². The van der Waals surface area contributed by atoms with Crippen LogP contribution in [0.1, 0.15) is 12.8 Å². The first-order chi connectivity index (χ1) is 9.78. The first-order valence-corrected chi connectivity index (χ1v) is 8.26. The molecule has 0 aliphatic carbocycles. The van der Waals surface area contributed by atoms with Crippen molar-refractivity contribution in [3.8, 4) is 5.75 Å². The average Bonchev–Trinajstić information content (AvgIpc) is 2.91. The van der Waals surface area contributed by atoms with Crippen molar-refractivity contribution in [3.05, 3.63) is 22.2 Å². The van der Waals surface area contributed by atoms with Crippen molar-refractivity contribution in [2.24, 2.45) is 0 Å². The lowest BCUT2D eigenvalue weighted by atomic mass is 10.2. The second-order valence-electron chi connectivity index (χ2n) is 4.53. The van der Waals surface area contributed by atoms with Crippen molar-refractivity contribution in [1.82, 2.24) is 4.31 Å². The minimum atomic E-state index is -4.11. The highest BCUT2D eigenvalue weighted by atomic mass is 35.5. The molecule has 1 fully saturated rings. The van der Waals surface area contributed by atoms with E-state index in [1.165, 1.54) is 13.2 Å². The molecule has 1 aromatic rings. The summed E-state index contributed by atoms with van der Waals surface area (Å²) in [5.74, 6) is -1.22. The number of sulfonamides is 1. The standard InChI is InChI=1S/C12H13Cl2NO5S/c1-20-12(17)9-3-2-4-15(9)21(18,19)10-6-7(13)5-8(14)11(10)16/h5-6,9,16H,2-4H2,1H3/t9-/m0/s1. The van der Waals surface area contributed by atoms with Crippen molar-refractivity contribution in [3.63, 3.8) is 0 Å². The van der Waals surface area contributed by atoms with E-state index in [1.54, 1.807) is 0 Å². The average molecular weight is 354 g/mol. The summed E-state index contributed by atoms with van der Waals surface area (Å²) < 4.78 is 30.9. The number of carbonyl (C=O) groups is 1. The van der Waals surface area contributed by atoms with Crippen LogP contribution in [0.4, 0.5) is 0 Å². The quantitative estimate of drug-likeness (QED) is 0.840. The molecule has 0 radical (unpaired) electrons. The molecule has 0 spiro atoms. The van der Waals surface area contributed by atoms with Gasteiger partial charge in [-0.25, -0.2) is 8.42 Å². The Bertz CT molecular complexity index is 676. The van der Waals surface area contributed by atoms with E-state index < -0.39 is 32.7 Å². The van der Waals surface area contributed by atoms with Gasteiger partial charge >= 0.3 is 5.97 Å². The molecule has 1 saturated heterocycles. The summed E-state index contributed by atoms with van der Waals surface area (Å²) in [4.78, 5) is 11.3. The molecule has 9 heteroatoms. The fraction of sp³-hybridized carbons (Fsp3) is 0.417. The zero-order chi connectivity index (χ0) is 15.8. The molecule has 1 heterocycles. The Hall–Kier alpha value is -1.02. The molecular formula is C12H13Cl2NO5S. The summed E-state index contributed by atoms with van der Waals surface area (Å²) in [5, 5.41) is 9.79. The van der Waals surface area contributed by atoms with Crippen LogP contribution in [0.2, 0.25) is 10.0 Å². The van der Waals surface area contributed by atoms with Crippen LogP contribution in [0.5, 0.6) is 5.75 Å². The molecule has 2 rings (SSSR count). The summed E-state index contributed by atoms with van der Waals surface area (Å²) in [7, 11) is -2.91. The van der Waals surface area contributed by atoms with Gasteiger partial charge in [0.2, 0.25) is 10.0 Å². The maximum absolute atomic E-state index is 12.6. The zero-order valence-electron chi connectivity index (χ0n) is 11.0. The number of carbonyl (C=O) groups excluding carboxylic acids is 1. The number of aromatic hydroxyl groups is 1. The van der Waals surface area contributed by atoms with Crippen molar-refractivity contribution in [2.45, 2.75) is 23.8 Å². The molecular weight excluding hydrogens is 341 g/mol. The monoisotopic (exact) mass is 353 g/mol. The van der Waals surface area contributed by atoms with E-state index >= 15 is 0 Å². The Balaban J connectivity index is 2.50. The highest BCUT2D eigenvalue weighted by Gasteiger charge is 2.41. The highest BCUT2D eigenvalue weighted by molar-refractivity contribution is 7.89.